The van der Waals surface area contributed by atoms with E-state index in [-0.39, 0.29) is 23.8 Å². The monoisotopic (exact) mass is 463 g/mol. The highest BCUT2D eigenvalue weighted by Crippen LogP contribution is 2.41. The number of aliphatic hydroxyl groups is 1. The molecule has 0 aliphatic carbocycles. The number of anilines is 1. The number of sulfonamides is 1. The molecule has 2 atom stereocenters. The smallest absolute Gasteiger partial charge is 0.493 e. The van der Waals surface area contributed by atoms with Gasteiger partial charge in [-0.3, -0.25) is 4.72 Å². The molecule has 0 saturated heterocycles. The average Bonchev–Trinajstić information content (AvgIpc) is 2.75. The Hall–Kier alpha value is -3.04. The summed E-state index contributed by atoms with van der Waals surface area (Å²) in [6, 6.07) is 20.4. The zero-order valence-corrected chi connectivity index (χ0v) is 17.5. The molecule has 0 fully saturated rings. The van der Waals surface area contributed by atoms with Crippen LogP contribution < -0.4 is 9.46 Å². The highest BCUT2D eigenvalue weighted by molar-refractivity contribution is 7.93. The lowest BCUT2D eigenvalue weighted by Crippen LogP contribution is -2.30. The average molecular weight is 463 g/mol. The van der Waals surface area contributed by atoms with Crippen molar-refractivity contribution in [2.24, 2.45) is 5.92 Å². The number of para-hydroxylation sites is 1. The minimum atomic E-state index is -5.57. The molecule has 9 heteroatoms. The summed E-state index contributed by atoms with van der Waals surface area (Å²) < 4.78 is 69.1. The molecular formula is C23H20F3NO4S. The minimum absolute atomic E-state index is 0.151. The van der Waals surface area contributed by atoms with Crippen LogP contribution in [-0.4, -0.2) is 25.6 Å². The van der Waals surface area contributed by atoms with Crippen LogP contribution >= 0.6 is 0 Å². The van der Waals surface area contributed by atoms with Gasteiger partial charge in [0, 0.05) is 17.0 Å². The van der Waals surface area contributed by atoms with Gasteiger partial charge in [-0.15, -0.1) is 0 Å². The summed E-state index contributed by atoms with van der Waals surface area (Å²) in [6.45, 7) is 0.273. The standard InChI is InChI=1S/C23H20F3NO4S/c24-23(25,26)32(29,30)27-20-9-5-4-8-18(20)16-10-11-19-21(13-16)31-14-17(22(19)28)12-15-6-2-1-3-7-15/h1-11,13,17,22,27-28H,12,14H2/t17-,22+/m1/s1. The number of hydrogen-bond acceptors (Lipinski definition) is 4. The SMILES string of the molecule is O=S(=O)(Nc1ccccc1-c1ccc2c(c1)OC[C@@H](Cc1ccccc1)[C@@H]2O)C(F)(F)F. The minimum Gasteiger partial charge on any atom is -0.493 e. The molecule has 5 nitrogen and oxygen atoms in total. The molecule has 2 N–H and O–H groups in total. The first-order valence-electron chi connectivity index (χ1n) is 9.83. The van der Waals surface area contributed by atoms with Crippen LogP contribution in [0.1, 0.15) is 17.2 Å². The number of benzene rings is 3. The van der Waals surface area contributed by atoms with Gasteiger partial charge in [0.15, 0.2) is 0 Å². The molecule has 3 aromatic carbocycles. The number of aliphatic hydroxyl groups excluding tert-OH is 1. The number of hydrogen-bond donors (Lipinski definition) is 2. The van der Waals surface area contributed by atoms with E-state index in [0.29, 0.717) is 23.3 Å². The number of ether oxygens (including phenoxy) is 1. The van der Waals surface area contributed by atoms with Gasteiger partial charge in [-0.05, 0) is 29.7 Å². The van der Waals surface area contributed by atoms with Crippen LogP contribution in [0.3, 0.4) is 0 Å². The summed E-state index contributed by atoms with van der Waals surface area (Å²) in [7, 11) is -5.57. The zero-order valence-electron chi connectivity index (χ0n) is 16.7. The summed E-state index contributed by atoms with van der Waals surface area (Å²) in [5.41, 5.74) is -3.27. The molecular weight excluding hydrogens is 443 g/mol. The highest BCUT2D eigenvalue weighted by Gasteiger charge is 2.46. The van der Waals surface area contributed by atoms with E-state index in [4.69, 9.17) is 4.74 Å². The molecule has 1 aliphatic rings. The maximum Gasteiger partial charge on any atom is 0.516 e. The predicted octanol–water partition coefficient (Wildman–Crippen LogP) is 4.90. The first-order chi connectivity index (χ1) is 15.2. The quantitative estimate of drug-likeness (QED) is 0.565. The van der Waals surface area contributed by atoms with Crippen molar-refractivity contribution in [3.8, 4) is 16.9 Å². The third kappa shape index (κ3) is 4.44. The van der Waals surface area contributed by atoms with Crippen LogP contribution in [-0.2, 0) is 16.4 Å². The van der Waals surface area contributed by atoms with Crippen molar-refractivity contribution in [1.29, 1.82) is 0 Å². The molecule has 0 bridgehead atoms. The Kier molecular flexibility index (Phi) is 5.87. The summed E-state index contributed by atoms with van der Waals surface area (Å²) >= 11 is 0. The van der Waals surface area contributed by atoms with Crippen molar-refractivity contribution in [2.45, 2.75) is 18.0 Å². The molecule has 0 saturated carbocycles. The normalized spacial score (nSPS) is 18.5. The molecule has 3 aromatic rings. The first-order valence-corrected chi connectivity index (χ1v) is 11.3. The van der Waals surface area contributed by atoms with E-state index < -0.39 is 21.6 Å². The van der Waals surface area contributed by atoms with E-state index in [9.17, 15) is 26.7 Å². The Morgan fingerprint density at radius 3 is 2.41 bits per heavy atom. The fraction of sp³-hybridized carbons (Fsp3) is 0.217. The molecule has 1 heterocycles. The Bertz CT molecular complexity index is 1210. The largest absolute Gasteiger partial charge is 0.516 e. The summed E-state index contributed by atoms with van der Waals surface area (Å²) in [4.78, 5) is 0. The van der Waals surface area contributed by atoms with Gasteiger partial charge in [-0.1, -0.05) is 60.7 Å². The Balaban J connectivity index is 1.61. The van der Waals surface area contributed by atoms with E-state index >= 15 is 0 Å². The van der Waals surface area contributed by atoms with E-state index in [1.807, 2.05) is 30.3 Å². The molecule has 0 aromatic heterocycles. The third-order valence-corrected chi connectivity index (χ3v) is 6.46. The fourth-order valence-electron chi connectivity index (χ4n) is 3.73. The molecule has 32 heavy (non-hydrogen) atoms. The topological polar surface area (TPSA) is 75.6 Å². The van der Waals surface area contributed by atoms with Crippen molar-refractivity contribution in [2.75, 3.05) is 11.3 Å². The number of alkyl halides is 3. The van der Waals surface area contributed by atoms with Crippen molar-refractivity contribution in [1.82, 2.24) is 0 Å². The second-order valence-electron chi connectivity index (χ2n) is 7.56. The predicted molar refractivity (Wildman–Crippen MR) is 115 cm³/mol. The third-order valence-electron chi connectivity index (χ3n) is 5.36. The van der Waals surface area contributed by atoms with E-state index in [1.54, 1.807) is 29.0 Å². The number of nitrogens with one attached hydrogen (secondary N) is 1. The van der Waals surface area contributed by atoms with Crippen LogP contribution in [0.25, 0.3) is 11.1 Å². The number of halogens is 3. The van der Waals surface area contributed by atoms with Crippen molar-refractivity contribution >= 4 is 15.7 Å². The van der Waals surface area contributed by atoms with Gasteiger partial charge < -0.3 is 9.84 Å². The number of rotatable bonds is 5. The molecule has 168 valence electrons. The van der Waals surface area contributed by atoms with Crippen LogP contribution in [0.4, 0.5) is 18.9 Å². The maximum atomic E-state index is 12.8. The second-order valence-corrected chi connectivity index (χ2v) is 9.23. The van der Waals surface area contributed by atoms with Gasteiger partial charge in [-0.2, -0.15) is 21.6 Å². The fourth-order valence-corrected chi connectivity index (χ4v) is 4.31. The van der Waals surface area contributed by atoms with Crippen LogP contribution in [0.2, 0.25) is 0 Å². The van der Waals surface area contributed by atoms with Gasteiger partial charge in [-0.25, -0.2) is 0 Å². The van der Waals surface area contributed by atoms with Crippen LogP contribution in [0.5, 0.6) is 5.75 Å². The number of fused-ring (bicyclic) bond motifs is 1. The lowest BCUT2D eigenvalue weighted by atomic mass is 9.87. The second kappa shape index (κ2) is 8.48. The van der Waals surface area contributed by atoms with Crippen LogP contribution in [0, 0.1) is 5.92 Å². The van der Waals surface area contributed by atoms with Gasteiger partial charge in [0.2, 0.25) is 0 Å². The van der Waals surface area contributed by atoms with E-state index in [2.05, 4.69) is 0 Å². The molecule has 0 spiro atoms. The first kappa shape index (κ1) is 22.2. The van der Waals surface area contributed by atoms with Crippen molar-refractivity contribution < 1.29 is 31.4 Å². The molecule has 0 unspecified atom stereocenters. The lowest BCUT2D eigenvalue weighted by molar-refractivity contribution is -0.0429. The van der Waals surface area contributed by atoms with Gasteiger partial charge in [0.25, 0.3) is 0 Å². The molecule has 0 amide bonds. The zero-order chi connectivity index (χ0) is 22.9. The molecule has 0 radical (unpaired) electrons. The Labute approximate surface area is 183 Å². The maximum absolute atomic E-state index is 12.8. The highest BCUT2D eigenvalue weighted by atomic mass is 32.2. The van der Waals surface area contributed by atoms with E-state index in [1.165, 1.54) is 18.2 Å². The van der Waals surface area contributed by atoms with Crippen molar-refractivity contribution in [3.63, 3.8) is 0 Å². The molecule has 1 aliphatic heterocycles. The van der Waals surface area contributed by atoms with Gasteiger partial charge in [0.05, 0.1) is 18.4 Å². The molecule has 4 rings (SSSR count). The Morgan fingerprint density at radius 1 is 1.00 bits per heavy atom. The lowest BCUT2D eigenvalue weighted by Gasteiger charge is -2.31. The van der Waals surface area contributed by atoms with Crippen LogP contribution in [0.15, 0.2) is 72.8 Å². The Morgan fingerprint density at radius 2 is 1.69 bits per heavy atom. The summed E-state index contributed by atoms with van der Waals surface area (Å²) in [5.74, 6) is 0.259. The van der Waals surface area contributed by atoms with E-state index in [0.717, 1.165) is 5.56 Å². The van der Waals surface area contributed by atoms with Gasteiger partial charge in [0.1, 0.15) is 5.75 Å². The van der Waals surface area contributed by atoms with Crippen molar-refractivity contribution in [3.05, 3.63) is 83.9 Å². The summed E-state index contributed by atoms with van der Waals surface area (Å²) in [6.07, 6.45) is -0.141. The van der Waals surface area contributed by atoms with Gasteiger partial charge >= 0.3 is 15.5 Å². The summed E-state index contributed by atoms with van der Waals surface area (Å²) in [5, 5.41) is 10.8.